The molecule has 20 heavy (non-hydrogen) atoms. The van der Waals surface area contributed by atoms with Crippen LogP contribution < -0.4 is 5.32 Å². The fourth-order valence-electron chi connectivity index (χ4n) is 1.98. The number of anilines is 1. The van der Waals surface area contributed by atoms with Gasteiger partial charge in [0, 0.05) is 23.8 Å². The molecule has 0 amide bonds. The van der Waals surface area contributed by atoms with Gasteiger partial charge in [-0.25, -0.2) is 9.50 Å². The SMILES string of the molecule is Cc1cc2c(NCC(O)c3ccc(Cl)s3)nccn2n1. The number of nitrogens with zero attached hydrogens (tertiary/aromatic N) is 3. The molecule has 0 saturated carbocycles. The molecule has 0 bridgehead atoms. The van der Waals surface area contributed by atoms with Gasteiger partial charge < -0.3 is 10.4 Å². The Bertz CT molecular complexity index is 739. The lowest BCUT2D eigenvalue weighted by molar-refractivity contribution is 0.195. The third-order valence-electron chi connectivity index (χ3n) is 2.90. The van der Waals surface area contributed by atoms with Crippen molar-refractivity contribution >= 4 is 34.3 Å². The number of thiophene rings is 1. The molecule has 3 heterocycles. The monoisotopic (exact) mass is 308 g/mol. The Kier molecular flexibility index (Phi) is 3.60. The predicted molar refractivity (Wildman–Crippen MR) is 80.5 cm³/mol. The van der Waals surface area contributed by atoms with E-state index >= 15 is 0 Å². The first kappa shape index (κ1) is 13.4. The number of aliphatic hydroxyl groups excluding tert-OH is 1. The van der Waals surface area contributed by atoms with Crippen molar-refractivity contribution in [2.45, 2.75) is 13.0 Å². The number of aromatic nitrogens is 3. The summed E-state index contributed by atoms with van der Waals surface area (Å²) in [4.78, 5) is 5.12. The third-order valence-corrected chi connectivity index (χ3v) is 4.23. The van der Waals surface area contributed by atoms with Crippen LogP contribution in [0, 0.1) is 6.92 Å². The average Bonchev–Trinajstić information content (AvgIpc) is 3.01. The number of aryl methyl sites for hydroxylation is 1. The van der Waals surface area contributed by atoms with Crippen LogP contribution in [0.1, 0.15) is 16.7 Å². The Hall–Kier alpha value is -1.63. The molecule has 3 aromatic rings. The summed E-state index contributed by atoms with van der Waals surface area (Å²) in [6, 6.07) is 5.56. The zero-order valence-electron chi connectivity index (χ0n) is 10.7. The van der Waals surface area contributed by atoms with Crippen molar-refractivity contribution in [3.63, 3.8) is 0 Å². The van der Waals surface area contributed by atoms with Crippen LogP contribution in [0.25, 0.3) is 5.52 Å². The minimum atomic E-state index is -0.612. The topological polar surface area (TPSA) is 62.5 Å². The summed E-state index contributed by atoms with van der Waals surface area (Å²) in [5.41, 5.74) is 1.81. The molecule has 0 aliphatic carbocycles. The maximum absolute atomic E-state index is 10.1. The third kappa shape index (κ3) is 2.63. The quantitative estimate of drug-likeness (QED) is 0.778. The first-order valence-corrected chi connectivity index (χ1v) is 7.31. The molecule has 1 unspecified atom stereocenters. The van der Waals surface area contributed by atoms with Crippen LogP contribution in [0.5, 0.6) is 0 Å². The largest absolute Gasteiger partial charge is 0.386 e. The van der Waals surface area contributed by atoms with Gasteiger partial charge in [0.25, 0.3) is 0 Å². The van der Waals surface area contributed by atoms with E-state index in [-0.39, 0.29) is 0 Å². The summed E-state index contributed by atoms with van der Waals surface area (Å²) < 4.78 is 2.43. The van der Waals surface area contributed by atoms with Crippen LogP contribution in [-0.2, 0) is 0 Å². The van der Waals surface area contributed by atoms with Gasteiger partial charge in [-0.05, 0) is 25.1 Å². The van der Waals surface area contributed by atoms with Gasteiger partial charge in [0.05, 0.1) is 10.0 Å². The molecule has 0 aromatic carbocycles. The minimum Gasteiger partial charge on any atom is -0.386 e. The van der Waals surface area contributed by atoms with E-state index in [1.54, 1.807) is 23.0 Å². The number of hydrogen-bond acceptors (Lipinski definition) is 5. The van der Waals surface area contributed by atoms with Gasteiger partial charge in [-0.2, -0.15) is 5.10 Å². The van der Waals surface area contributed by atoms with Crippen molar-refractivity contribution in [1.29, 1.82) is 0 Å². The highest BCUT2D eigenvalue weighted by Gasteiger charge is 2.12. The van der Waals surface area contributed by atoms with Gasteiger partial charge in [0.1, 0.15) is 11.6 Å². The van der Waals surface area contributed by atoms with E-state index < -0.39 is 6.10 Å². The second-order valence-electron chi connectivity index (χ2n) is 4.43. The predicted octanol–water partition coefficient (Wildman–Crippen LogP) is 2.90. The minimum absolute atomic E-state index is 0.369. The second-order valence-corrected chi connectivity index (χ2v) is 6.18. The molecule has 0 saturated heterocycles. The lowest BCUT2D eigenvalue weighted by Gasteiger charge is -2.11. The fourth-order valence-corrected chi connectivity index (χ4v) is 3.03. The highest BCUT2D eigenvalue weighted by Crippen LogP contribution is 2.27. The Morgan fingerprint density at radius 1 is 1.50 bits per heavy atom. The zero-order chi connectivity index (χ0) is 14.1. The molecule has 5 nitrogen and oxygen atoms in total. The van der Waals surface area contributed by atoms with Crippen LogP contribution in [0.4, 0.5) is 5.82 Å². The smallest absolute Gasteiger partial charge is 0.152 e. The molecule has 3 rings (SSSR count). The molecule has 0 spiro atoms. The molecular formula is C13H13ClN4OS. The number of aliphatic hydroxyl groups is 1. The number of fused-ring (bicyclic) bond motifs is 1. The Morgan fingerprint density at radius 2 is 2.35 bits per heavy atom. The summed E-state index contributed by atoms with van der Waals surface area (Å²) in [6.45, 7) is 2.30. The van der Waals surface area contributed by atoms with Crippen LogP contribution in [-0.4, -0.2) is 26.2 Å². The number of nitrogens with one attached hydrogen (secondary N) is 1. The van der Waals surface area contributed by atoms with E-state index in [0.29, 0.717) is 16.7 Å². The van der Waals surface area contributed by atoms with Gasteiger partial charge >= 0.3 is 0 Å². The van der Waals surface area contributed by atoms with Gasteiger partial charge in [0.15, 0.2) is 5.82 Å². The van der Waals surface area contributed by atoms with Crippen LogP contribution in [0.15, 0.2) is 30.6 Å². The van der Waals surface area contributed by atoms with Crippen LogP contribution >= 0.6 is 22.9 Å². The number of rotatable bonds is 4. The van der Waals surface area contributed by atoms with Gasteiger partial charge in [0.2, 0.25) is 0 Å². The Morgan fingerprint density at radius 3 is 3.10 bits per heavy atom. The summed E-state index contributed by atoms with van der Waals surface area (Å²) in [5.74, 6) is 0.704. The van der Waals surface area contributed by atoms with E-state index in [0.717, 1.165) is 16.1 Å². The number of hydrogen-bond donors (Lipinski definition) is 2. The standard InChI is InChI=1S/C13H13ClN4OS/c1-8-6-9-13(15-4-5-18(9)17-8)16-7-10(19)11-2-3-12(14)20-11/h2-6,10,19H,7H2,1H3,(H,15,16). The zero-order valence-corrected chi connectivity index (χ0v) is 12.3. The van der Waals surface area contributed by atoms with E-state index in [1.807, 2.05) is 19.1 Å². The lowest BCUT2D eigenvalue weighted by Crippen LogP contribution is -2.12. The summed E-state index contributed by atoms with van der Waals surface area (Å²) in [7, 11) is 0. The summed E-state index contributed by atoms with van der Waals surface area (Å²) >= 11 is 7.24. The average molecular weight is 309 g/mol. The summed E-state index contributed by atoms with van der Waals surface area (Å²) in [6.07, 6.45) is 2.86. The molecule has 0 fully saturated rings. The molecule has 0 radical (unpaired) electrons. The van der Waals surface area contributed by atoms with Gasteiger partial charge in [-0.1, -0.05) is 11.6 Å². The Labute approximate surface area is 124 Å². The van der Waals surface area contributed by atoms with E-state index in [1.165, 1.54) is 11.3 Å². The number of halogens is 1. The van der Waals surface area contributed by atoms with Crippen molar-refractivity contribution in [2.75, 3.05) is 11.9 Å². The lowest BCUT2D eigenvalue weighted by atomic mass is 10.3. The molecule has 104 valence electrons. The maximum Gasteiger partial charge on any atom is 0.152 e. The van der Waals surface area contributed by atoms with Gasteiger partial charge in [-0.15, -0.1) is 11.3 Å². The normalized spacial score (nSPS) is 12.8. The van der Waals surface area contributed by atoms with E-state index in [2.05, 4.69) is 15.4 Å². The molecule has 7 heteroatoms. The molecular weight excluding hydrogens is 296 g/mol. The first-order valence-electron chi connectivity index (χ1n) is 6.11. The van der Waals surface area contributed by atoms with Crippen molar-refractivity contribution in [3.05, 3.63) is 45.5 Å². The van der Waals surface area contributed by atoms with Crippen molar-refractivity contribution < 1.29 is 5.11 Å². The first-order chi connectivity index (χ1) is 9.63. The van der Waals surface area contributed by atoms with Crippen molar-refractivity contribution in [1.82, 2.24) is 14.6 Å². The fraction of sp³-hybridized carbons (Fsp3) is 0.231. The second kappa shape index (κ2) is 5.40. The maximum atomic E-state index is 10.1. The van der Waals surface area contributed by atoms with Crippen molar-refractivity contribution in [2.24, 2.45) is 0 Å². The molecule has 0 aliphatic heterocycles. The Balaban J connectivity index is 1.76. The molecule has 0 aliphatic rings. The van der Waals surface area contributed by atoms with E-state index in [4.69, 9.17) is 11.6 Å². The highest BCUT2D eigenvalue weighted by molar-refractivity contribution is 7.16. The van der Waals surface area contributed by atoms with Crippen molar-refractivity contribution in [3.8, 4) is 0 Å². The molecule has 3 aromatic heterocycles. The summed E-state index contributed by atoms with van der Waals surface area (Å²) in [5, 5.41) is 17.6. The highest BCUT2D eigenvalue weighted by atomic mass is 35.5. The van der Waals surface area contributed by atoms with Crippen LogP contribution in [0.3, 0.4) is 0 Å². The molecule has 2 N–H and O–H groups in total. The van der Waals surface area contributed by atoms with Gasteiger partial charge in [-0.3, -0.25) is 0 Å². The van der Waals surface area contributed by atoms with E-state index in [9.17, 15) is 5.11 Å². The van der Waals surface area contributed by atoms with Crippen LogP contribution in [0.2, 0.25) is 4.34 Å². The molecule has 1 atom stereocenters.